The number of carbonyl (C=O) groups excluding carboxylic acids is 2. The average Bonchev–Trinajstić information content (AvgIpc) is 2.46. The fourth-order valence-electron chi connectivity index (χ4n) is 1.85. The molecular weight excluding hydrogens is 338 g/mol. The van der Waals surface area contributed by atoms with Crippen molar-refractivity contribution >= 4 is 39.4 Å². The van der Waals surface area contributed by atoms with Crippen LogP contribution in [0.3, 0.4) is 0 Å². The maximum Gasteiger partial charge on any atom is 0.263 e. The van der Waals surface area contributed by atoms with E-state index in [0.29, 0.717) is 22.9 Å². The molecular formula is C14H10BrN3O3. The Kier molecular flexibility index (Phi) is 3.57. The Labute approximate surface area is 128 Å². The van der Waals surface area contributed by atoms with Crippen LogP contribution < -0.4 is 15.4 Å². The summed E-state index contributed by atoms with van der Waals surface area (Å²) in [6.07, 6.45) is 0. The number of fused-ring (bicyclic) bond motifs is 1. The molecule has 0 saturated heterocycles. The molecule has 1 aromatic carbocycles. The number of pyridine rings is 1. The van der Waals surface area contributed by atoms with E-state index in [1.807, 2.05) is 6.07 Å². The zero-order chi connectivity index (χ0) is 14.8. The number of amides is 2. The second-order valence-corrected chi connectivity index (χ2v) is 5.26. The van der Waals surface area contributed by atoms with E-state index in [4.69, 9.17) is 4.74 Å². The van der Waals surface area contributed by atoms with Crippen LogP contribution in [0.1, 0.15) is 10.4 Å². The Hall–Kier alpha value is -2.41. The number of hydrogen-bond acceptors (Lipinski definition) is 4. The molecule has 1 aromatic heterocycles. The number of halogens is 1. The minimum atomic E-state index is -0.285. The highest BCUT2D eigenvalue weighted by molar-refractivity contribution is 9.10. The molecule has 2 N–H and O–H groups in total. The number of nitrogens with one attached hydrogen (secondary N) is 2. The smallest absolute Gasteiger partial charge is 0.263 e. The molecule has 2 aromatic rings. The van der Waals surface area contributed by atoms with Crippen LogP contribution >= 0.6 is 15.9 Å². The van der Waals surface area contributed by atoms with Gasteiger partial charge in [0.05, 0.1) is 0 Å². The fourth-order valence-corrected chi connectivity index (χ4v) is 2.25. The number of carbonyl (C=O) groups is 2. The molecule has 0 aliphatic carbocycles. The van der Waals surface area contributed by atoms with E-state index in [0.717, 1.165) is 4.47 Å². The summed E-state index contributed by atoms with van der Waals surface area (Å²) >= 11 is 3.31. The van der Waals surface area contributed by atoms with Crippen LogP contribution in [0.5, 0.6) is 5.75 Å². The van der Waals surface area contributed by atoms with Crippen molar-refractivity contribution in [3.63, 3.8) is 0 Å². The molecule has 0 saturated carbocycles. The zero-order valence-corrected chi connectivity index (χ0v) is 12.3. The molecule has 0 atom stereocenters. The second-order valence-electron chi connectivity index (χ2n) is 4.34. The van der Waals surface area contributed by atoms with Gasteiger partial charge in [-0.15, -0.1) is 0 Å². The molecule has 106 valence electrons. The van der Waals surface area contributed by atoms with Gasteiger partial charge in [-0.3, -0.25) is 9.59 Å². The van der Waals surface area contributed by atoms with E-state index in [1.165, 1.54) is 0 Å². The van der Waals surface area contributed by atoms with E-state index < -0.39 is 0 Å². The summed E-state index contributed by atoms with van der Waals surface area (Å²) < 4.78 is 6.02. The molecule has 7 heteroatoms. The summed E-state index contributed by atoms with van der Waals surface area (Å²) in [7, 11) is 0. The van der Waals surface area contributed by atoms with Crippen molar-refractivity contribution in [2.45, 2.75) is 0 Å². The van der Waals surface area contributed by atoms with Crippen LogP contribution in [-0.2, 0) is 4.79 Å². The third-order valence-corrected chi connectivity index (χ3v) is 3.30. The predicted octanol–water partition coefficient (Wildman–Crippen LogP) is 2.43. The highest BCUT2D eigenvalue weighted by atomic mass is 79.9. The summed E-state index contributed by atoms with van der Waals surface area (Å²) in [5, 5.41) is 5.26. The van der Waals surface area contributed by atoms with Crippen molar-refractivity contribution in [1.29, 1.82) is 0 Å². The van der Waals surface area contributed by atoms with Crippen LogP contribution in [-0.4, -0.2) is 23.4 Å². The van der Waals surface area contributed by atoms with Gasteiger partial charge in [-0.2, -0.15) is 0 Å². The lowest BCUT2D eigenvalue weighted by atomic mass is 10.2. The summed E-state index contributed by atoms with van der Waals surface area (Å²) in [5.74, 6) is 0.565. The van der Waals surface area contributed by atoms with Gasteiger partial charge in [-0.1, -0.05) is 22.0 Å². The van der Waals surface area contributed by atoms with Crippen molar-refractivity contribution in [2.24, 2.45) is 0 Å². The Balaban J connectivity index is 1.80. The van der Waals surface area contributed by atoms with Crippen LogP contribution in [0.2, 0.25) is 0 Å². The summed E-state index contributed by atoms with van der Waals surface area (Å²) in [6, 6.07) is 10.3. The lowest BCUT2D eigenvalue weighted by Crippen LogP contribution is -2.26. The highest BCUT2D eigenvalue weighted by Gasteiger charge is 2.18. The Bertz CT molecular complexity index is 733. The second kappa shape index (κ2) is 5.53. The first kappa shape index (κ1) is 13.6. The maximum absolute atomic E-state index is 12.1. The molecule has 21 heavy (non-hydrogen) atoms. The summed E-state index contributed by atoms with van der Waals surface area (Å²) in [6.45, 7) is -0.0293. The molecule has 0 fully saturated rings. The van der Waals surface area contributed by atoms with Gasteiger partial charge in [0.15, 0.2) is 18.2 Å². The topological polar surface area (TPSA) is 80.3 Å². The molecule has 6 nitrogen and oxygen atoms in total. The van der Waals surface area contributed by atoms with E-state index in [9.17, 15) is 9.59 Å². The van der Waals surface area contributed by atoms with Gasteiger partial charge in [0.2, 0.25) is 0 Å². The normalized spacial score (nSPS) is 12.9. The molecule has 1 aliphatic rings. The number of anilines is 2. The maximum atomic E-state index is 12.1. The van der Waals surface area contributed by atoms with E-state index in [2.05, 4.69) is 31.5 Å². The summed E-state index contributed by atoms with van der Waals surface area (Å²) in [4.78, 5) is 27.5. The van der Waals surface area contributed by atoms with Gasteiger partial charge in [0.25, 0.3) is 11.8 Å². The minimum Gasteiger partial charge on any atom is -0.480 e. The van der Waals surface area contributed by atoms with Crippen molar-refractivity contribution in [1.82, 2.24) is 4.98 Å². The molecule has 3 rings (SSSR count). The SMILES string of the molecule is O=C1COc2ccc(NC(=O)c3cccc(Br)c3)nc2N1. The average molecular weight is 348 g/mol. The molecule has 0 bridgehead atoms. The number of benzene rings is 1. The predicted molar refractivity (Wildman–Crippen MR) is 80.5 cm³/mol. The minimum absolute atomic E-state index is 0.0293. The first-order valence-electron chi connectivity index (χ1n) is 6.12. The lowest BCUT2D eigenvalue weighted by Gasteiger charge is -2.17. The molecule has 0 spiro atoms. The largest absolute Gasteiger partial charge is 0.480 e. The van der Waals surface area contributed by atoms with Crippen LogP contribution in [0, 0.1) is 0 Å². The standard InChI is InChI=1S/C14H10BrN3O3/c15-9-3-1-2-8(6-9)14(20)17-11-5-4-10-13(16-11)18-12(19)7-21-10/h1-6H,7H2,(H2,16,17,18,19,20). The Morgan fingerprint density at radius 2 is 2.19 bits per heavy atom. The third kappa shape index (κ3) is 3.03. The monoisotopic (exact) mass is 347 g/mol. The number of aromatic nitrogens is 1. The molecule has 0 unspecified atom stereocenters. The van der Waals surface area contributed by atoms with Crippen LogP contribution in [0.15, 0.2) is 40.9 Å². The van der Waals surface area contributed by atoms with Gasteiger partial charge in [0.1, 0.15) is 5.82 Å². The van der Waals surface area contributed by atoms with Crippen molar-refractivity contribution in [3.8, 4) is 5.75 Å². The van der Waals surface area contributed by atoms with Crippen molar-refractivity contribution in [2.75, 3.05) is 17.2 Å². The van der Waals surface area contributed by atoms with E-state index >= 15 is 0 Å². The van der Waals surface area contributed by atoms with Gasteiger partial charge >= 0.3 is 0 Å². The van der Waals surface area contributed by atoms with Gasteiger partial charge in [-0.05, 0) is 30.3 Å². The highest BCUT2D eigenvalue weighted by Crippen LogP contribution is 2.27. The first-order chi connectivity index (χ1) is 10.1. The molecule has 0 radical (unpaired) electrons. The van der Waals surface area contributed by atoms with Gasteiger partial charge in [0, 0.05) is 10.0 Å². The first-order valence-corrected chi connectivity index (χ1v) is 6.92. The molecule has 1 aliphatic heterocycles. The van der Waals surface area contributed by atoms with Gasteiger partial charge in [-0.25, -0.2) is 4.98 Å². The van der Waals surface area contributed by atoms with E-state index in [1.54, 1.807) is 30.3 Å². The summed E-state index contributed by atoms with van der Waals surface area (Å²) in [5.41, 5.74) is 0.504. The number of nitrogens with zero attached hydrogens (tertiary/aromatic N) is 1. The number of hydrogen-bond donors (Lipinski definition) is 2. The zero-order valence-electron chi connectivity index (χ0n) is 10.7. The Morgan fingerprint density at radius 1 is 1.33 bits per heavy atom. The van der Waals surface area contributed by atoms with Crippen LogP contribution in [0.4, 0.5) is 11.6 Å². The molecule has 2 heterocycles. The van der Waals surface area contributed by atoms with Gasteiger partial charge < -0.3 is 15.4 Å². The van der Waals surface area contributed by atoms with E-state index in [-0.39, 0.29) is 18.4 Å². The third-order valence-electron chi connectivity index (χ3n) is 2.80. The Morgan fingerprint density at radius 3 is 3.00 bits per heavy atom. The quantitative estimate of drug-likeness (QED) is 0.874. The van der Waals surface area contributed by atoms with Crippen molar-refractivity contribution < 1.29 is 14.3 Å². The lowest BCUT2D eigenvalue weighted by molar-refractivity contribution is -0.118. The fraction of sp³-hybridized carbons (Fsp3) is 0.0714. The van der Waals surface area contributed by atoms with Crippen LogP contribution in [0.25, 0.3) is 0 Å². The number of rotatable bonds is 2. The molecule has 2 amide bonds. The van der Waals surface area contributed by atoms with Crippen molar-refractivity contribution in [3.05, 3.63) is 46.4 Å². The number of ether oxygens (including phenoxy) is 1.